The van der Waals surface area contributed by atoms with E-state index >= 15 is 4.39 Å². The van der Waals surface area contributed by atoms with Gasteiger partial charge in [-0.05, 0) is 69.6 Å². The molecule has 7 nitrogen and oxygen atoms in total. The summed E-state index contributed by atoms with van der Waals surface area (Å²) in [6.45, 7) is 4.10. The third-order valence-corrected chi connectivity index (χ3v) is 7.49. The van der Waals surface area contributed by atoms with Gasteiger partial charge in [-0.3, -0.25) is 9.69 Å². The maximum atomic E-state index is 15.1. The number of carbonyl (C=O) groups is 2. The number of hydrogen-bond acceptors (Lipinski definition) is 4. The first-order valence-corrected chi connectivity index (χ1v) is 11.9. The van der Waals surface area contributed by atoms with Crippen LogP contribution in [0.4, 0.5) is 20.6 Å². The minimum absolute atomic E-state index is 0.181. The third-order valence-electron chi connectivity index (χ3n) is 7.49. The van der Waals surface area contributed by atoms with Crippen LogP contribution in [0.3, 0.4) is 0 Å². The summed E-state index contributed by atoms with van der Waals surface area (Å²) in [6.07, 6.45) is 4.91. The van der Waals surface area contributed by atoms with Gasteiger partial charge in [-0.1, -0.05) is 6.92 Å². The first-order valence-electron chi connectivity index (χ1n) is 11.9. The molecule has 1 aromatic carbocycles. The third kappa shape index (κ3) is 4.29. The van der Waals surface area contributed by atoms with Crippen LogP contribution in [-0.4, -0.2) is 65.4 Å². The Morgan fingerprint density at radius 2 is 1.97 bits per heavy atom. The molecule has 8 heteroatoms. The van der Waals surface area contributed by atoms with Crippen LogP contribution in [0.25, 0.3) is 0 Å². The summed E-state index contributed by atoms with van der Waals surface area (Å²) in [7, 11) is 0. The number of halogens is 1. The van der Waals surface area contributed by atoms with E-state index in [-0.39, 0.29) is 18.1 Å². The Hall–Kier alpha value is -2.35. The number of amides is 2. The van der Waals surface area contributed by atoms with Crippen molar-refractivity contribution in [3.05, 3.63) is 24.0 Å². The molecule has 3 fully saturated rings. The molecule has 1 spiro atoms. The molecule has 3 aliphatic rings. The highest BCUT2D eigenvalue weighted by molar-refractivity contribution is 5.87. The Labute approximate surface area is 188 Å². The number of aliphatic hydroxyl groups excluding tert-OH is 1. The van der Waals surface area contributed by atoms with E-state index in [1.165, 1.54) is 6.07 Å². The number of carboxylic acid groups (broad SMARTS) is 1. The minimum Gasteiger partial charge on any atom is -0.465 e. The van der Waals surface area contributed by atoms with Crippen molar-refractivity contribution in [1.82, 2.24) is 4.90 Å². The van der Waals surface area contributed by atoms with E-state index in [0.29, 0.717) is 37.4 Å². The SMILES string of the molecule is CCCN(C(=O)O)c1ccc(N2CCC[C@]3(CCN([C@H]4CC[C@H](O)CC4)C3=O)C2)c(F)c1. The van der Waals surface area contributed by atoms with Crippen molar-refractivity contribution in [2.24, 2.45) is 5.41 Å². The van der Waals surface area contributed by atoms with Crippen molar-refractivity contribution in [2.45, 2.75) is 70.4 Å². The van der Waals surface area contributed by atoms with Crippen molar-refractivity contribution in [3.63, 3.8) is 0 Å². The maximum absolute atomic E-state index is 15.1. The first kappa shape index (κ1) is 22.8. The van der Waals surface area contributed by atoms with E-state index in [2.05, 4.69) is 0 Å². The van der Waals surface area contributed by atoms with Gasteiger partial charge < -0.3 is 20.0 Å². The van der Waals surface area contributed by atoms with Gasteiger partial charge in [0.05, 0.1) is 22.9 Å². The van der Waals surface area contributed by atoms with Gasteiger partial charge in [0, 0.05) is 32.2 Å². The summed E-state index contributed by atoms with van der Waals surface area (Å²) in [6, 6.07) is 4.79. The number of anilines is 2. The Bertz CT molecular complexity index is 858. The number of nitrogens with zero attached hydrogens (tertiary/aromatic N) is 3. The summed E-state index contributed by atoms with van der Waals surface area (Å²) in [5.74, 6) is -0.272. The van der Waals surface area contributed by atoms with Crippen LogP contribution in [0.2, 0.25) is 0 Å². The summed E-state index contributed by atoms with van der Waals surface area (Å²) < 4.78 is 15.1. The second kappa shape index (κ2) is 9.25. The van der Waals surface area contributed by atoms with Gasteiger partial charge in [-0.2, -0.15) is 0 Å². The second-order valence-corrected chi connectivity index (χ2v) is 9.59. The molecular weight excluding hydrogens is 413 g/mol. The van der Waals surface area contributed by atoms with Crippen molar-refractivity contribution in [1.29, 1.82) is 0 Å². The number of hydrogen-bond donors (Lipinski definition) is 2. The lowest BCUT2D eigenvalue weighted by Crippen LogP contribution is -2.50. The fourth-order valence-electron chi connectivity index (χ4n) is 5.76. The van der Waals surface area contributed by atoms with Gasteiger partial charge in [0.25, 0.3) is 0 Å². The molecule has 2 saturated heterocycles. The van der Waals surface area contributed by atoms with E-state index in [1.54, 1.807) is 12.1 Å². The first-order chi connectivity index (χ1) is 15.3. The Kier molecular flexibility index (Phi) is 6.60. The normalized spacial score (nSPS) is 28.4. The molecule has 2 N–H and O–H groups in total. The molecule has 32 heavy (non-hydrogen) atoms. The smallest absolute Gasteiger partial charge is 0.411 e. The Morgan fingerprint density at radius 1 is 1.22 bits per heavy atom. The standard InChI is InChI=1S/C24H34FN3O4/c1-2-12-28(23(31)32)18-6-9-21(20(25)15-18)26-13-3-10-24(16-26)11-14-27(22(24)30)17-4-7-19(29)8-5-17/h6,9,15,17,19,29H,2-5,7-8,10-14,16H2,1H3,(H,31,32)/t17-,19-,24-/m0/s1. The number of rotatable bonds is 5. The number of carbonyl (C=O) groups excluding carboxylic acids is 1. The van der Waals surface area contributed by atoms with Gasteiger partial charge in [0.2, 0.25) is 5.91 Å². The highest BCUT2D eigenvalue weighted by atomic mass is 19.1. The van der Waals surface area contributed by atoms with Gasteiger partial charge in [0.15, 0.2) is 0 Å². The molecule has 0 bridgehead atoms. The minimum atomic E-state index is -1.09. The molecule has 1 aliphatic carbocycles. The van der Waals surface area contributed by atoms with Crippen LogP contribution >= 0.6 is 0 Å². The van der Waals surface area contributed by atoms with Gasteiger partial charge in [-0.15, -0.1) is 0 Å². The van der Waals surface area contributed by atoms with Crippen LogP contribution in [0.1, 0.15) is 58.3 Å². The monoisotopic (exact) mass is 447 g/mol. The van der Waals surface area contributed by atoms with Crippen LogP contribution in [-0.2, 0) is 4.79 Å². The molecule has 2 amide bonds. The van der Waals surface area contributed by atoms with E-state index in [0.717, 1.165) is 56.4 Å². The van der Waals surface area contributed by atoms with Crippen molar-refractivity contribution in [2.75, 3.05) is 36.0 Å². The van der Waals surface area contributed by atoms with E-state index < -0.39 is 17.3 Å². The average Bonchev–Trinajstić information content (AvgIpc) is 3.07. The molecule has 1 aromatic rings. The van der Waals surface area contributed by atoms with Crippen LogP contribution in [0.15, 0.2) is 18.2 Å². The molecule has 0 aromatic heterocycles. The van der Waals surface area contributed by atoms with E-state index in [9.17, 15) is 19.8 Å². The van der Waals surface area contributed by atoms with Gasteiger partial charge in [-0.25, -0.2) is 9.18 Å². The largest absolute Gasteiger partial charge is 0.465 e. The predicted molar refractivity (Wildman–Crippen MR) is 121 cm³/mol. The zero-order valence-corrected chi connectivity index (χ0v) is 18.8. The number of likely N-dealkylation sites (tertiary alicyclic amines) is 1. The zero-order valence-electron chi connectivity index (χ0n) is 18.8. The zero-order chi connectivity index (χ0) is 22.9. The molecule has 0 unspecified atom stereocenters. The van der Waals surface area contributed by atoms with E-state index in [4.69, 9.17) is 0 Å². The van der Waals surface area contributed by atoms with Crippen LogP contribution in [0.5, 0.6) is 0 Å². The molecule has 176 valence electrons. The quantitative estimate of drug-likeness (QED) is 0.717. The number of benzene rings is 1. The summed E-state index contributed by atoms with van der Waals surface area (Å²) in [5, 5.41) is 19.2. The molecule has 0 radical (unpaired) electrons. The lowest BCUT2D eigenvalue weighted by atomic mass is 9.78. The second-order valence-electron chi connectivity index (χ2n) is 9.59. The fourth-order valence-corrected chi connectivity index (χ4v) is 5.76. The van der Waals surface area contributed by atoms with Gasteiger partial charge in [0.1, 0.15) is 5.82 Å². The van der Waals surface area contributed by atoms with Crippen LogP contribution < -0.4 is 9.80 Å². The highest BCUT2D eigenvalue weighted by Crippen LogP contribution is 2.44. The Morgan fingerprint density at radius 3 is 2.62 bits per heavy atom. The Balaban J connectivity index is 1.49. The average molecular weight is 448 g/mol. The number of piperidine rings is 1. The fraction of sp³-hybridized carbons (Fsp3) is 0.667. The maximum Gasteiger partial charge on any atom is 0.411 e. The molecule has 2 heterocycles. The molecule has 4 rings (SSSR count). The van der Waals surface area contributed by atoms with Crippen molar-refractivity contribution >= 4 is 23.4 Å². The topological polar surface area (TPSA) is 84.3 Å². The van der Waals surface area contributed by atoms with Gasteiger partial charge >= 0.3 is 6.09 Å². The predicted octanol–water partition coefficient (Wildman–Crippen LogP) is 3.84. The molecule has 1 atom stereocenters. The summed E-state index contributed by atoms with van der Waals surface area (Å²) in [4.78, 5) is 30.1. The highest BCUT2D eigenvalue weighted by Gasteiger charge is 2.50. The lowest BCUT2D eigenvalue weighted by molar-refractivity contribution is -0.139. The molecular formula is C24H34FN3O4. The van der Waals surface area contributed by atoms with E-state index in [1.807, 2.05) is 16.7 Å². The molecule has 2 aliphatic heterocycles. The summed E-state index contributed by atoms with van der Waals surface area (Å²) in [5.41, 5.74) is 0.283. The van der Waals surface area contributed by atoms with Crippen LogP contribution in [0, 0.1) is 11.2 Å². The van der Waals surface area contributed by atoms with Crippen molar-refractivity contribution < 1.29 is 24.2 Å². The summed E-state index contributed by atoms with van der Waals surface area (Å²) >= 11 is 0. The molecule has 1 saturated carbocycles. The van der Waals surface area contributed by atoms with Crippen molar-refractivity contribution in [3.8, 4) is 0 Å². The lowest BCUT2D eigenvalue weighted by Gasteiger charge is -2.41. The number of aliphatic hydroxyl groups is 1.